The number of hydrogen-bond acceptors (Lipinski definition) is 2. The lowest BCUT2D eigenvalue weighted by molar-refractivity contribution is 0.179. The molecule has 1 saturated carbocycles. The molecule has 2 heteroatoms. The molecule has 3 rings (SSSR count). The van der Waals surface area contributed by atoms with Crippen molar-refractivity contribution in [2.45, 2.75) is 51.0 Å². The fourth-order valence-electron chi connectivity index (χ4n) is 3.77. The van der Waals surface area contributed by atoms with Gasteiger partial charge in [0, 0.05) is 17.5 Å². The molecule has 2 N–H and O–H groups in total. The molecular formula is C16H23NO. The molecule has 0 amide bonds. The Morgan fingerprint density at radius 3 is 3.11 bits per heavy atom. The molecule has 1 aromatic carbocycles. The average Bonchev–Trinajstić information content (AvgIpc) is 2.87. The van der Waals surface area contributed by atoms with Gasteiger partial charge in [-0.25, -0.2) is 0 Å². The van der Waals surface area contributed by atoms with E-state index in [9.17, 15) is 0 Å². The Bertz CT molecular complexity index is 443. The Morgan fingerprint density at radius 2 is 2.28 bits per heavy atom. The molecule has 2 unspecified atom stereocenters. The van der Waals surface area contributed by atoms with Crippen LogP contribution in [0, 0.1) is 5.92 Å². The maximum absolute atomic E-state index is 6.83. The monoisotopic (exact) mass is 245 g/mol. The van der Waals surface area contributed by atoms with Crippen LogP contribution in [0.4, 0.5) is 0 Å². The van der Waals surface area contributed by atoms with Gasteiger partial charge in [-0.2, -0.15) is 0 Å². The van der Waals surface area contributed by atoms with Crippen LogP contribution >= 0.6 is 0 Å². The van der Waals surface area contributed by atoms with Gasteiger partial charge in [-0.3, -0.25) is 0 Å². The predicted molar refractivity (Wildman–Crippen MR) is 73.8 cm³/mol. The van der Waals surface area contributed by atoms with Crippen LogP contribution in [0.25, 0.3) is 0 Å². The largest absolute Gasteiger partial charge is 0.493 e. The van der Waals surface area contributed by atoms with Gasteiger partial charge in [-0.1, -0.05) is 44.4 Å². The number of rotatable bonds is 2. The van der Waals surface area contributed by atoms with Gasteiger partial charge >= 0.3 is 0 Å². The molecule has 1 aliphatic heterocycles. The van der Waals surface area contributed by atoms with Crippen molar-refractivity contribution in [2.75, 3.05) is 6.61 Å². The molecule has 1 heterocycles. The zero-order valence-corrected chi connectivity index (χ0v) is 11.2. The summed E-state index contributed by atoms with van der Waals surface area (Å²) in [5.41, 5.74) is 9.28. The number of hydrogen-bond donors (Lipinski definition) is 1. The zero-order valence-electron chi connectivity index (χ0n) is 11.2. The van der Waals surface area contributed by atoms with Crippen molar-refractivity contribution in [1.29, 1.82) is 0 Å². The first-order valence-electron chi connectivity index (χ1n) is 7.29. The number of fused-ring (bicyclic) bond motifs is 1. The zero-order chi connectivity index (χ0) is 12.6. The molecule has 1 fully saturated rings. The quantitative estimate of drug-likeness (QED) is 0.867. The van der Waals surface area contributed by atoms with Gasteiger partial charge in [0.05, 0.1) is 6.61 Å². The van der Waals surface area contributed by atoms with Crippen LogP contribution in [0.3, 0.4) is 0 Å². The van der Waals surface area contributed by atoms with E-state index in [1.165, 1.54) is 36.8 Å². The maximum Gasteiger partial charge on any atom is 0.127 e. The second-order valence-electron chi connectivity index (χ2n) is 5.78. The van der Waals surface area contributed by atoms with Crippen molar-refractivity contribution in [2.24, 2.45) is 11.7 Å². The summed E-state index contributed by atoms with van der Waals surface area (Å²) >= 11 is 0. The highest BCUT2D eigenvalue weighted by atomic mass is 16.5. The minimum Gasteiger partial charge on any atom is -0.493 e. The van der Waals surface area contributed by atoms with Gasteiger partial charge in [-0.15, -0.1) is 0 Å². The molecule has 18 heavy (non-hydrogen) atoms. The molecule has 1 aromatic rings. The minimum atomic E-state index is -0.164. The van der Waals surface area contributed by atoms with E-state index in [1.807, 2.05) is 0 Å². The highest BCUT2D eigenvalue weighted by molar-refractivity contribution is 5.48. The molecule has 0 radical (unpaired) electrons. The third-order valence-electron chi connectivity index (χ3n) is 4.83. The lowest BCUT2D eigenvalue weighted by atomic mass is 9.68. The molecule has 0 aromatic heterocycles. The topological polar surface area (TPSA) is 35.2 Å². The smallest absolute Gasteiger partial charge is 0.127 e. The van der Waals surface area contributed by atoms with E-state index in [-0.39, 0.29) is 5.54 Å². The number of nitrogens with two attached hydrogens (primary N) is 1. The summed E-state index contributed by atoms with van der Waals surface area (Å²) < 4.78 is 5.86. The molecule has 0 bridgehead atoms. The highest BCUT2D eigenvalue weighted by Gasteiger charge is 2.40. The van der Waals surface area contributed by atoms with Crippen LogP contribution in [0.2, 0.25) is 0 Å². The first-order chi connectivity index (χ1) is 8.75. The summed E-state index contributed by atoms with van der Waals surface area (Å²) in [6.07, 6.45) is 7.14. The van der Waals surface area contributed by atoms with Crippen molar-refractivity contribution < 1.29 is 4.74 Å². The van der Waals surface area contributed by atoms with Crippen LogP contribution in [-0.2, 0) is 12.0 Å². The van der Waals surface area contributed by atoms with Gasteiger partial charge in [-0.05, 0) is 24.3 Å². The van der Waals surface area contributed by atoms with E-state index in [1.54, 1.807) is 0 Å². The third-order valence-corrected chi connectivity index (χ3v) is 4.83. The minimum absolute atomic E-state index is 0.164. The second kappa shape index (κ2) is 4.58. The Hall–Kier alpha value is -1.02. The SMILES string of the molecule is CCC1CCCCC1(N)c1cccc2c1OCC2. The lowest BCUT2D eigenvalue weighted by Crippen LogP contribution is -2.46. The lowest BCUT2D eigenvalue weighted by Gasteiger charge is -2.42. The Labute approximate surface area is 110 Å². The maximum atomic E-state index is 6.83. The van der Waals surface area contributed by atoms with Gasteiger partial charge < -0.3 is 10.5 Å². The number of benzene rings is 1. The molecular weight excluding hydrogens is 222 g/mol. The van der Waals surface area contributed by atoms with Crippen molar-refractivity contribution in [3.05, 3.63) is 29.3 Å². The van der Waals surface area contributed by atoms with Crippen LogP contribution in [0.15, 0.2) is 18.2 Å². The molecule has 2 nitrogen and oxygen atoms in total. The molecule has 0 saturated heterocycles. The first-order valence-corrected chi connectivity index (χ1v) is 7.29. The molecule has 2 aliphatic rings. The van der Waals surface area contributed by atoms with E-state index in [0.29, 0.717) is 5.92 Å². The van der Waals surface area contributed by atoms with Crippen LogP contribution < -0.4 is 10.5 Å². The van der Waals surface area contributed by atoms with Crippen molar-refractivity contribution in [1.82, 2.24) is 0 Å². The van der Waals surface area contributed by atoms with Crippen LogP contribution in [0.1, 0.15) is 50.2 Å². The summed E-state index contributed by atoms with van der Waals surface area (Å²) in [5.74, 6) is 1.70. The third kappa shape index (κ3) is 1.74. The number of para-hydroxylation sites is 1. The summed E-state index contributed by atoms with van der Waals surface area (Å²) in [5, 5.41) is 0. The average molecular weight is 245 g/mol. The molecule has 98 valence electrons. The Kier molecular flexibility index (Phi) is 3.06. The summed E-state index contributed by atoms with van der Waals surface area (Å²) in [7, 11) is 0. The second-order valence-corrected chi connectivity index (χ2v) is 5.78. The Balaban J connectivity index is 2.05. The van der Waals surface area contributed by atoms with Gasteiger partial charge in [0.25, 0.3) is 0 Å². The standard InChI is InChI=1S/C16H23NO/c1-2-13-7-3-4-10-16(13,17)14-8-5-6-12-9-11-18-15(12)14/h5-6,8,13H,2-4,7,9-11,17H2,1H3. The fraction of sp³-hybridized carbons (Fsp3) is 0.625. The van der Waals surface area contributed by atoms with Gasteiger partial charge in [0.1, 0.15) is 5.75 Å². The first kappa shape index (κ1) is 12.0. The molecule has 1 aliphatic carbocycles. The van der Waals surface area contributed by atoms with Gasteiger partial charge in [0.15, 0.2) is 0 Å². The van der Waals surface area contributed by atoms with E-state index < -0.39 is 0 Å². The van der Waals surface area contributed by atoms with E-state index >= 15 is 0 Å². The summed E-state index contributed by atoms with van der Waals surface area (Å²) in [4.78, 5) is 0. The van der Waals surface area contributed by atoms with E-state index in [0.717, 1.165) is 25.2 Å². The van der Waals surface area contributed by atoms with Gasteiger partial charge in [0.2, 0.25) is 0 Å². The van der Waals surface area contributed by atoms with Crippen LogP contribution in [-0.4, -0.2) is 6.61 Å². The molecule has 2 atom stereocenters. The molecule has 0 spiro atoms. The van der Waals surface area contributed by atoms with Crippen molar-refractivity contribution in [3.63, 3.8) is 0 Å². The van der Waals surface area contributed by atoms with Crippen LogP contribution in [0.5, 0.6) is 5.75 Å². The summed E-state index contributed by atoms with van der Waals surface area (Å²) in [6, 6.07) is 6.52. The van der Waals surface area contributed by atoms with E-state index in [2.05, 4.69) is 25.1 Å². The van der Waals surface area contributed by atoms with Crippen molar-refractivity contribution in [3.8, 4) is 5.75 Å². The summed E-state index contributed by atoms with van der Waals surface area (Å²) in [6.45, 7) is 3.08. The van der Waals surface area contributed by atoms with Crippen molar-refractivity contribution >= 4 is 0 Å². The normalized spacial score (nSPS) is 30.9. The number of ether oxygens (including phenoxy) is 1. The fourth-order valence-corrected chi connectivity index (χ4v) is 3.77. The van der Waals surface area contributed by atoms with E-state index in [4.69, 9.17) is 10.5 Å². The Morgan fingerprint density at radius 1 is 1.39 bits per heavy atom. The predicted octanol–water partition coefficient (Wildman–Crippen LogP) is 3.38. The highest BCUT2D eigenvalue weighted by Crippen LogP contribution is 2.46.